The van der Waals surface area contributed by atoms with E-state index in [1.54, 1.807) is 11.3 Å². The van der Waals surface area contributed by atoms with Crippen molar-refractivity contribution in [2.75, 3.05) is 13.1 Å². The normalized spacial score (nSPS) is 20.6. The van der Waals surface area contributed by atoms with Crippen LogP contribution >= 0.6 is 11.3 Å². The van der Waals surface area contributed by atoms with E-state index in [1.165, 1.54) is 30.6 Å². The minimum Gasteiger partial charge on any atom is -0.330 e. The maximum atomic E-state index is 4.29. The summed E-state index contributed by atoms with van der Waals surface area (Å²) in [5.41, 5.74) is 2.54. The minimum atomic E-state index is 0.746. The molecule has 0 aliphatic carbocycles. The first-order valence-corrected chi connectivity index (χ1v) is 7.11. The maximum Gasteiger partial charge on any atom is 0.0951 e. The molecule has 1 N–H and O–H groups in total. The van der Waals surface area contributed by atoms with Gasteiger partial charge in [0.25, 0.3) is 0 Å². The molecule has 3 heterocycles. The van der Waals surface area contributed by atoms with E-state index >= 15 is 0 Å². The smallest absolute Gasteiger partial charge is 0.0951 e. The third kappa shape index (κ3) is 2.42. The third-order valence-corrected chi connectivity index (χ3v) is 4.07. The molecule has 2 aromatic heterocycles. The summed E-state index contributed by atoms with van der Waals surface area (Å²) in [5.74, 6) is 0.746. The lowest BCUT2D eigenvalue weighted by molar-refractivity contribution is 0.338. The first-order valence-electron chi connectivity index (χ1n) is 6.17. The van der Waals surface area contributed by atoms with Gasteiger partial charge in [-0.25, -0.2) is 4.98 Å². The Morgan fingerprint density at radius 3 is 3.29 bits per heavy atom. The van der Waals surface area contributed by atoms with Crippen molar-refractivity contribution >= 4 is 11.3 Å². The summed E-state index contributed by atoms with van der Waals surface area (Å²) < 4.78 is 2.29. The predicted molar refractivity (Wildman–Crippen MR) is 71.1 cm³/mol. The molecule has 1 aliphatic rings. The number of thiophene rings is 1. The Labute approximate surface area is 106 Å². The SMILES string of the molecule is c1cc(-c2cncn2CC2CCCNC2)cs1. The Bertz CT molecular complexity index is 455. The van der Waals surface area contributed by atoms with Crippen molar-refractivity contribution in [3.8, 4) is 11.3 Å². The van der Waals surface area contributed by atoms with E-state index in [1.807, 2.05) is 12.5 Å². The summed E-state index contributed by atoms with van der Waals surface area (Å²) in [6, 6.07) is 2.16. The molecule has 1 aliphatic heterocycles. The lowest BCUT2D eigenvalue weighted by Crippen LogP contribution is -2.32. The van der Waals surface area contributed by atoms with Crippen LogP contribution in [0.3, 0.4) is 0 Å². The van der Waals surface area contributed by atoms with Gasteiger partial charge >= 0.3 is 0 Å². The van der Waals surface area contributed by atoms with E-state index in [-0.39, 0.29) is 0 Å². The van der Waals surface area contributed by atoms with E-state index in [4.69, 9.17) is 0 Å². The van der Waals surface area contributed by atoms with E-state index in [0.29, 0.717) is 0 Å². The summed E-state index contributed by atoms with van der Waals surface area (Å²) in [6.45, 7) is 3.40. The Kier molecular flexibility index (Phi) is 3.25. The van der Waals surface area contributed by atoms with E-state index in [0.717, 1.165) is 19.0 Å². The summed E-state index contributed by atoms with van der Waals surface area (Å²) in [5, 5.41) is 7.78. The van der Waals surface area contributed by atoms with Crippen molar-refractivity contribution in [1.82, 2.24) is 14.9 Å². The third-order valence-electron chi connectivity index (χ3n) is 3.38. The fraction of sp³-hybridized carbons (Fsp3) is 0.462. The van der Waals surface area contributed by atoms with E-state index < -0.39 is 0 Å². The molecule has 0 spiro atoms. The van der Waals surface area contributed by atoms with Crippen LogP contribution in [0.15, 0.2) is 29.4 Å². The number of aromatic nitrogens is 2. The fourth-order valence-electron chi connectivity index (χ4n) is 2.47. The summed E-state index contributed by atoms with van der Waals surface area (Å²) >= 11 is 1.74. The molecular formula is C13H17N3S. The van der Waals surface area contributed by atoms with Gasteiger partial charge in [-0.15, -0.1) is 0 Å². The minimum absolute atomic E-state index is 0.746. The molecule has 0 aromatic carbocycles. The molecule has 0 radical (unpaired) electrons. The zero-order chi connectivity index (χ0) is 11.5. The zero-order valence-corrected chi connectivity index (χ0v) is 10.6. The van der Waals surface area contributed by atoms with Gasteiger partial charge in [-0.1, -0.05) is 0 Å². The predicted octanol–water partition coefficient (Wildman–Crippen LogP) is 2.61. The average Bonchev–Trinajstić information content (AvgIpc) is 3.00. The number of imidazole rings is 1. The number of rotatable bonds is 3. The van der Waals surface area contributed by atoms with Crippen LogP contribution in [0.1, 0.15) is 12.8 Å². The standard InChI is InChI=1S/C13H17N3S/c1-2-11(6-14-4-1)8-16-10-15-7-13(16)12-3-5-17-9-12/h3,5,7,9-11,14H,1-2,4,6,8H2. The lowest BCUT2D eigenvalue weighted by Gasteiger charge is -2.23. The second-order valence-corrected chi connectivity index (χ2v) is 5.44. The Morgan fingerprint density at radius 2 is 2.53 bits per heavy atom. The molecule has 0 amide bonds. The molecule has 1 saturated heterocycles. The molecule has 3 nitrogen and oxygen atoms in total. The van der Waals surface area contributed by atoms with Crippen LogP contribution in [0, 0.1) is 5.92 Å². The first kappa shape index (κ1) is 11.0. The number of hydrogen-bond donors (Lipinski definition) is 1. The fourth-order valence-corrected chi connectivity index (χ4v) is 3.12. The maximum absolute atomic E-state index is 4.29. The quantitative estimate of drug-likeness (QED) is 0.903. The van der Waals surface area contributed by atoms with Crippen LogP contribution in [0.5, 0.6) is 0 Å². The number of nitrogens with one attached hydrogen (secondary N) is 1. The van der Waals surface area contributed by atoms with Crippen molar-refractivity contribution < 1.29 is 0 Å². The van der Waals surface area contributed by atoms with Crippen LogP contribution in [0.25, 0.3) is 11.3 Å². The molecule has 90 valence electrons. The van der Waals surface area contributed by atoms with Crippen LogP contribution < -0.4 is 5.32 Å². The average molecular weight is 247 g/mol. The molecule has 2 aromatic rings. The molecule has 1 atom stereocenters. The topological polar surface area (TPSA) is 29.9 Å². The molecule has 1 fully saturated rings. The van der Waals surface area contributed by atoms with Gasteiger partial charge in [0.05, 0.1) is 18.2 Å². The second-order valence-electron chi connectivity index (χ2n) is 4.66. The largest absolute Gasteiger partial charge is 0.330 e. The monoisotopic (exact) mass is 247 g/mol. The molecule has 0 saturated carbocycles. The highest BCUT2D eigenvalue weighted by Gasteiger charge is 2.15. The highest BCUT2D eigenvalue weighted by atomic mass is 32.1. The van der Waals surface area contributed by atoms with E-state index in [2.05, 4.69) is 31.7 Å². The number of nitrogens with zero attached hydrogens (tertiary/aromatic N) is 2. The zero-order valence-electron chi connectivity index (χ0n) is 9.80. The van der Waals surface area contributed by atoms with Crippen LogP contribution in [-0.4, -0.2) is 22.6 Å². The van der Waals surface area contributed by atoms with Crippen molar-refractivity contribution in [1.29, 1.82) is 0 Å². The van der Waals surface area contributed by atoms with Gasteiger partial charge in [0.15, 0.2) is 0 Å². The Morgan fingerprint density at radius 1 is 1.53 bits per heavy atom. The molecule has 1 unspecified atom stereocenters. The van der Waals surface area contributed by atoms with Crippen molar-refractivity contribution in [3.63, 3.8) is 0 Å². The molecule has 3 rings (SSSR count). The van der Waals surface area contributed by atoms with Gasteiger partial charge in [-0.2, -0.15) is 11.3 Å². The summed E-state index contributed by atoms with van der Waals surface area (Å²) in [4.78, 5) is 4.29. The van der Waals surface area contributed by atoms with Crippen molar-refractivity contribution in [3.05, 3.63) is 29.4 Å². The highest BCUT2D eigenvalue weighted by molar-refractivity contribution is 7.08. The van der Waals surface area contributed by atoms with Crippen molar-refractivity contribution in [2.24, 2.45) is 5.92 Å². The first-order chi connectivity index (χ1) is 8.43. The van der Waals surface area contributed by atoms with Gasteiger partial charge in [0.1, 0.15) is 0 Å². The van der Waals surface area contributed by atoms with Gasteiger partial charge in [0.2, 0.25) is 0 Å². The van der Waals surface area contributed by atoms with Gasteiger partial charge in [0, 0.05) is 17.5 Å². The lowest BCUT2D eigenvalue weighted by atomic mass is 9.99. The van der Waals surface area contributed by atoms with Crippen LogP contribution in [0.2, 0.25) is 0 Å². The molecular weight excluding hydrogens is 230 g/mol. The van der Waals surface area contributed by atoms with Crippen molar-refractivity contribution in [2.45, 2.75) is 19.4 Å². The number of hydrogen-bond acceptors (Lipinski definition) is 3. The Hall–Kier alpha value is -1.13. The molecule has 0 bridgehead atoms. The second kappa shape index (κ2) is 5.02. The van der Waals surface area contributed by atoms with Crippen LogP contribution in [0.4, 0.5) is 0 Å². The van der Waals surface area contributed by atoms with Gasteiger partial charge in [-0.3, -0.25) is 0 Å². The summed E-state index contributed by atoms with van der Waals surface area (Å²) in [6.07, 6.45) is 6.56. The molecule has 17 heavy (non-hydrogen) atoms. The molecule has 4 heteroatoms. The Balaban J connectivity index is 1.77. The highest BCUT2D eigenvalue weighted by Crippen LogP contribution is 2.23. The van der Waals surface area contributed by atoms with E-state index in [9.17, 15) is 0 Å². The number of piperidine rings is 1. The summed E-state index contributed by atoms with van der Waals surface area (Å²) in [7, 11) is 0. The van der Waals surface area contributed by atoms with Crippen LogP contribution in [-0.2, 0) is 6.54 Å². The van der Waals surface area contributed by atoms with Gasteiger partial charge in [-0.05, 0) is 43.3 Å². The van der Waals surface area contributed by atoms with Gasteiger partial charge < -0.3 is 9.88 Å².